The molecule has 1 rings (SSSR count). The van der Waals surface area contributed by atoms with Crippen molar-refractivity contribution in [2.24, 2.45) is 0 Å². The monoisotopic (exact) mass is 186 g/mol. The van der Waals surface area contributed by atoms with E-state index in [1.54, 1.807) is 0 Å². The topological polar surface area (TPSA) is 23.8 Å². The van der Waals surface area contributed by atoms with Gasteiger partial charge in [-0.3, -0.25) is 0 Å². The van der Waals surface area contributed by atoms with Crippen LogP contribution in [0.25, 0.3) is 0 Å². The molecule has 0 N–H and O–H groups in total. The summed E-state index contributed by atoms with van der Waals surface area (Å²) in [5, 5.41) is 8.80. The maximum atomic E-state index is 8.80. The van der Waals surface area contributed by atoms with Crippen molar-refractivity contribution in [2.45, 2.75) is 32.6 Å². The highest BCUT2D eigenvalue weighted by molar-refractivity contribution is 5.41. The van der Waals surface area contributed by atoms with Crippen molar-refractivity contribution < 1.29 is 0 Å². The third-order valence-electron chi connectivity index (χ3n) is 2.37. The number of benzene rings is 1. The van der Waals surface area contributed by atoms with Crippen LogP contribution in [0.3, 0.4) is 0 Å². The molecule has 0 heterocycles. The maximum absolute atomic E-state index is 8.80. The van der Waals surface area contributed by atoms with E-state index in [0.29, 0.717) is 5.92 Å². The molecule has 0 spiro atoms. The molecule has 1 heteroatoms. The number of hydrogen-bond acceptors (Lipinski definition) is 1. The molecule has 1 aromatic carbocycles. The summed E-state index contributed by atoms with van der Waals surface area (Å²) in [5.74, 6) is 0.725. The van der Waals surface area contributed by atoms with Gasteiger partial charge in [0, 0.05) is 0 Å². The standard InChI is InChI=1S/C13H16N/c1-9(2)12-6-5-11(8-14)7-13(12)10(3)4/h5-7,9-10H,3H2,1-2,4H3. The molecule has 0 saturated heterocycles. The van der Waals surface area contributed by atoms with E-state index in [1.807, 2.05) is 18.2 Å². The summed E-state index contributed by atoms with van der Waals surface area (Å²) in [7, 11) is 0. The zero-order chi connectivity index (χ0) is 10.7. The minimum Gasteiger partial charge on any atom is -0.192 e. The van der Waals surface area contributed by atoms with E-state index in [4.69, 9.17) is 5.26 Å². The summed E-state index contributed by atoms with van der Waals surface area (Å²) in [4.78, 5) is 0. The fraction of sp³-hybridized carbons (Fsp3) is 0.385. The van der Waals surface area contributed by atoms with Crippen molar-refractivity contribution >= 4 is 0 Å². The Hall–Kier alpha value is -1.29. The largest absolute Gasteiger partial charge is 0.192 e. The second-order valence-corrected chi connectivity index (χ2v) is 4.01. The van der Waals surface area contributed by atoms with Crippen LogP contribution in [0.15, 0.2) is 18.2 Å². The van der Waals surface area contributed by atoms with E-state index < -0.39 is 0 Å². The lowest BCUT2D eigenvalue weighted by Gasteiger charge is -2.15. The average Bonchev–Trinajstić information content (AvgIpc) is 2.16. The summed E-state index contributed by atoms with van der Waals surface area (Å²) >= 11 is 0. The van der Waals surface area contributed by atoms with Crippen molar-refractivity contribution in [3.63, 3.8) is 0 Å². The molecule has 0 saturated carbocycles. The minimum absolute atomic E-state index is 0.237. The van der Waals surface area contributed by atoms with Gasteiger partial charge >= 0.3 is 0 Å². The van der Waals surface area contributed by atoms with Gasteiger partial charge in [0.05, 0.1) is 11.6 Å². The normalized spacial score (nSPS) is 10.6. The third-order valence-corrected chi connectivity index (χ3v) is 2.37. The lowest BCUT2D eigenvalue weighted by Crippen LogP contribution is -1.99. The van der Waals surface area contributed by atoms with Crippen LogP contribution < -0.4 is 0 Å². The quantitative estimate of drug-likeness (QED) is 0.692. The van der Waals surface area contributed by atoms with Gasteiger partial charge in [0.25, 0.3) is 0 Å². The molecule has 1 aromatic rings. The second-order valence-electron chi connectivity index (χ2n) is 4.01. The van der Waals surface area contributed by atoms with Gasteiger partial charge in [-0.2, -0.15) is 5.26 Å². The summed E-state index contributed by atoms with van der Waals surface area (Å²) in [6, 6.07) is 8.03. The molecular formula is C13H16N. The highest BCUT2D eigenvalue weighted by Crippen LogP contribution is 2.26. The molecule has 14 heavy (non-hydrogen) atoms. The number of hydrogen-bond donors (Lipinski definition) is 0. The van der Waals surface area contributed by atoms with Crippen LogP contribution in [0.2, 0.25) is 0 Å². The lowest BCUT2D eigenvalue weighted by molar-refractivity contribution is 0.821. The second kappa shape index (κ2) is 4.28. The molecule has 0 amide bonds. The summed E-state index contributed by atoms with van der Waals surface area (Å²) in [6.07, 6.45) is 0. The van der Waals surface area contributed by atoms with Crippen LogP contribution in [-0.2, 0) is 0 Å². The van der Waals surface area contributed by atoms with Gasteiger partial charge in [-0.1, -0.05) is 26.8 Å². The molecular weight excluding hydrogens is 170 g/mol. The summed E-state index contributed by atoms with van der Waals surface area (Å²) in [6.45, 7) is 10.4. The van der Waals surface area contributed by atoms with Gasteiger partial charge in [-0.15, -0.1) is 0 Å². The lowest BCUT2D eigenvalue weighted by atomic mass is 9.89. The van der Waals surface area contributed by atoms with Gasteiger partial charge < -0.3 is 0 Å². The van der Waals surface area contributed by atoms with Crippen molar-refractivity contribution in [1.29, 1.82) is 5.26 Å². The van der Waals surface area contributed by atoms with Crippen molar-refractivity contribution in [1.82, 2.24) is 0 Å². The SMILES string of the molecule is [CH2]C(C)c1cc(C#N)ccc1C(C)C. The van der Waals surface area contributed by atoms with Crippen LogP contribution in [-0.4, -0.2) is 0 Å². The van der Waals surface area contributed by atoms with E-state index >= 15 is 0 Å². The molecule has 1 atom stereocenters. The molecule has 0 fully saturated rings. The zero-order valence-corrected chi connectivity index (χ0v) is 9.04. The summed E-state index contributed by atoms with van der Waals surface area (Å²) < 4.78 is 0. The van der Waals surface area contributed by atoms with E-state index in [1.165, 1.54) is 11.1 Å². The van der Waals surface area contributed by atoms with E-state index in [0.717, 1.165) is 5.56 Å². The Morgan fingerprint density at radius 2 is 1.86 bits per heavy atom. The zero-order valence-electron chi connectivity index (χ0n) is 9.04. The molecule has 1 unspecified atom stereocenters. The molecule has 0 bridgehead atoms. The first kappa shape index (κ1) is 10.8. The first-order valence-corrected chi connectivity index (χ1v) is 4.93. The highest BCUT2D eigenvalue weighted by atomic mass is 14.2. The van der Waals surface area contributed by atoms with Crippen molar-refractivity contribution in [2.75, 3.05) is 0 Å². The van der Waals surface area contributed by atoms with Gasteiger partial charge in [0.1, 0.15) is 0 Å². The van der Waals surface area contributed by atoms with Crippen molar-refractivity contribution in [3.8, 4) is 6.07 Å². The van der Waals surface area contributed by atoms with E-state index in [2.05, 4.69) is 33.8 Å². The van der Waals surface area contributed by atoms with Crippen LogP contribution in [0.5, 0.6) is 0 Å². The van der Waals surface area contributed by atoms with Crippen LogP contribution in [0.1, 0.15) is 49.3 Å². The number of nitriles is 1. The van der Waals surface area contributed by atoms with Gasteiger partial charge in [0.15, 0.2) is 0 Å². The van der Waals surface area contributed by atoms with Gasteiger partial charge in [-0.25, -0.2) is 0 Å². The predicted octanol–water partition coefficient (Wildman–Crippen LogP) is 3.62. The van der Waals surface area contributed by atoms with Crippen LogP contribution >= 0.6 is 0 Å². The molecule has 0 aliphatic heterocycles. The summed E-state index contributed by atoms with van der Waals surface area (Å²) in [5.41, 5.74) is 3.21. The van der Waals surface area contributed by atoms with Gasteiger partial charge in [-0.05, 0) is 42.0 Å². The minimum atomic E-state index is 0.237. The molecule has 1 nitrogen and oxygen atoms in total. The Labute approximate surface area is 86.4 Å². The molecule has 1 radical (unpaired) electrons. The van der Waals surface area contributed by atoms with Crippen LogP contribution in [0.4, 0.5) is 0 Å². The van der Waals surface area contributed by atoms with E-state index in [-0.39, 0.29) is 5.92 Å². The van der Waals surface area contributed by atoms with Crippen molar-refractivity contribution in [3.05, 3.63) is 41.8 Å². The molecule has 0 aromatic heterocycles. The Morgan fingerprint density at radius 3 is 2.29 bits per heavy atom. The highest BCUT2D eigenvalue weighted by Gasteiger charge is 2.10. The Kier molecular flexibility index (Phi) is 3.30. The fourth-order valence-electron chi connectivity index (χ4n) is 1.60. The molecule has 73 valence electrons. The first-order valence-electron chi connectivity index (χ1n) is 4.93. The predicted molar refractivity (Wildman–Crippen MR) is 59.0 cm³/mol. The fourth-order valence-corrected chi connectivity index (χ4v) is 1.60. The Morgan fingerprint density at radius 1 is 1.21 bits per heavy atom. The molecule has 0 aliphatic carbocycles. The first-order chi connectivity index (χ1) is 6.56. The van der Waals surface area contributed by atoms with Gasteiger partial charge in [0.2, 0.25) is 0 Å². The van der Waals surface area contributed by atoms with Crippen LogP contribution in [0, 0.1) is 18.3 Å². The Balaban J connectivity index is 3.26. The maximum Gasteiger partial charge on any atom is 0.0991 e. The third kappa shape index (κ3) is 2.14. The Bertz CT molecular complexity index is 356. The molecule has 0 aliphatic rings. The van der Waals surface area contributed by atoms with E-state index in [9.17, 15) is 0 Å². The number of nitrogens with zero attached hydrogens (tertiary/aromatic N) is 1. The number of rotatable bonds is 2. The smallest absolute Gasteiger partial charge is 0.0991 e. The average molecular weight is 186 g/mol.